The summed E-state index contributed by atoms with van der Waals surface area (Å²) < 4.78 is 58.0. The van der Waals surface area contributed by atoms with Crippen molar-refractivity contribution in [3.63, 3.8) is 0 Å². The Bertz CT molecular complexity index is 1030. The third-order valence-corrected chi connectivity index (χ3v) is 7.32. The maximum absolute atomic E-state index is 13.4. The first-order valence-electron chi connectivity index (χ1n) is 9.30. The molecule has 1 amide bonds. The van der Waals surface area contributed by atoms with Crippen molar-refractivity contribution in [1.29, 1.82) is 0 Å². The molecule has 8 nitrogen and oxygen atoms in total. The minimum Gasteiger partial charge on any atom is -0.343 e. The summed E-state index contributed by atoms with van der Waals surface area (Å²) in [4.78, 5) is 17.3. The highest BCUT2D eigenvalue weighted by molar-refractivity contribution is 7.89. The van der Waals surface area contributed by atoms with Crippen LogP contribution in [0, 0.1) is 11.6 Å². The number of amides is 1. The van der Waals surface area contributed by atoms with E-state index in [1.54, 1.807) is 11.8 Å². The molecule has 0 saturated carbocycles. The molecule has 156 valence electrons. The summed E-state index contributed by atoms with van der Waals surface area (Å²) >= 11 is 0. The molecule has 2 saturated heterocycles. The van der Waals surface area contributed by atoms with Gasteiger partial charge in [-0.25, -0.2) is 17.2 Å². The first-order valence-corrected chi connectivity index (χ1v) is 10.7. The second-order valence-electron chi connectivity index (χ2n) is 7.37. The number of sulfonamides is 1. The van der Waals surface area contributed by atoms with E-state index in [0.717, 1.165) is 25.0 Å². The van der Waals surface area contributed by atoms with Crippen LogP contribution in [0.1, 0.15) is 43.3 Å². The van der Waals surface area contributed by atoms with Crippen molar-refractivity contribution in [3.8, 4) is 0 Å². The maximum Gasteiger partial charge on any atom is 0.243 e. The number of aromatic nitrogens is 2. The Hall–Kier alpha value is -2.40. The minimum absolute atomic E-state index is 0.0501. The smallest absolute Gasteiger partial charge is 0.243 e. The quantitative estimate of drug-likeness (QED) is 0.741. The number of nitrogens with zero attached hydrogens (tertiary/aromatic N) is 4. The van der Waals surface area contributed by atoms with E-state index in [1.807, 2.05) is 0 Å². The maximum atomic E-state index is 13.4. The molecule has 0 unspecified atom stereocenters. The molecule has 29 heavy (non-hydrogen) atoms. The Morgan fingerprint density at radius 2 is 1.83 bits per heavy atom. The molecule has 0 spiro atoms. The van der Waals surface area contributed by atoms with Crippen LogP contribution in [-0.2, 0) is 14.8 Å². The number of hydrogen-bond acceptors (Lipinski definition) is 6. The number of carbonyl (C=O) groups excluding carboxylic acids is 1. The van der Waals surface area contributed by atoms with Crippen LogP contribution in [0.15, 0.2) is 27.6 Å². The largest absolute Gasteiger partial charge is 0.343 e. The van der Waals surface area contributed by atoms with Gasteiger partial charge in [0.1, 0.15) is 0 Å². The molecule has 11 heteroatoms. The molecule has 0 bridgehead atoms. The number of halogens is 2. The number of carbonyl (C=O) groups is 1. The fourth-order valence-electron chi connectivity index (χ4n) is 3.61. The summed E-state index contributed by atoms with van der Waals surface area (Å²) in [6.07, 6.45) is 1.50. The van der Waals surface area contributed by atoms with Gasteiger partial charge in [-0.15, -0.1) is 0 Å². The third kappa shape index (κ3) is 3.76. The number of likely N-dealkylation sites (tertiary alicyclic amines) is 1. The van der Waals surface area contributed by atoms with Gasteiger partial charge in [0.25, 0.3) is 0 Å². The summed E-state index contributed by atoms with van der Waals surface area (Å²) in [7, 11) is -3.91. The van der Waals surface area contributed by atoms with E-state index in [9.17, 15) is 22.0 Å². The highest BCUT2D eigenvalue weighted by Gasteiger charge is 2.41. The van der Waals surface area contributed by atoms with Gasteiger partial charge < -0.3 is 9.42 Å². The fraction of sp³-hybridized carbons (Fsp3) is 0.500. The van der Waals surface area contributed by atoms with Crippen LogP contribution < -0.4 is 0 Å². The molecule has 4 rings (SSSR count). The molecule has 2 aromatic rings. The number of rotatable bonds is 4. The van der Waals surface area contributed by atoms with Crippen LogP contribution in [-0.4, -0.2) is 59.8 Å². The molecular formula is C18H20F2N4O4S. The molecule has 2 aliphatic rings. The summed E-state index contributed by atoms with van der Waals surface area (Å²) in [6, 6.07) is 2.51. The molecule has 2 fully saturated rings. The fourth-order valence-corrected chi connectivity index (χ4v) is 5.15. The van der Waals surface area contributed by atoms with Gasteiger partial charge in [0.2, 0.25) is 21.8 Å². The van der Waals surface area contributed by atoms with Gasteiger partial charge in [-0.1, -0.05) is 5.16 Å². The van der Waals surface area contributed by atoms with Crippen LogP contribution in [0.25, 0.3) is 0 Å². The third-order valence-electron chi connectivity index (χ3n) is 5.49. The Labute approximate surface area is 166 Å². The lowest BCUT2D eigenvalue weighted by Crippen LogP contribution is -2.48. The van der Waals surface area contributed by atoms with Crippen molar-refractivity contribution in [2.75, 3.05) is 26.2 Å². The first kappa shape index (κ1) is 19.9. The first-order chi connectivity index (χ1) is 13.8. The van der Waals surface area contributed by atoms with Gasteiger partial charge in [0, 0.05) is 39.0 Å². The Morgan fingerprint density at radius 3 is 2.45 bits per heavy atom. The summed E-state index contributed by atoms with van der Waals surface area (Å²) in [5.74, 6) is -1.46. The standard InChI is InChI=1S/C18H20F2N4O4S/c1-11(25)23-6-4-12(5-7-23)17-21-18(28-22-17)13-9-24(10-13)29(26,27)14-2-3-15(19)16(20)8-14/h2-3,8,12-13H,4-7,9-10H2,1H3. The number of piperidine rings is 1. The number of hydrogen-bond donors (Lipinski definition) is 0. The van der Waals surface area contributed by atoms with Crippen molar-refractivity contribution in [2.45, 2.75) is 36.5 Å². The van der Waals surface area contributed by atoms with E-state index in [0.29, 0.717) is 30.9 Å². The second kappa shape index (κ2) is 7.45. The summed E-state index contributed by atoms with van der Waals surface area (Å²) in [5.41, 5.74) is 0. The molecule has 3 heterocycles. The zero-order chi connectivity index (χ0) is 20.8. The Morgan fingerprint density at radius 1 is 1.14 bits per heavy atom. The molecule has 1 aromatic heterocycles. The second-order valence-corrected chi connectivity index (χ2v) is 9.30. The van der Waals surface area contributed by atoms with Crippen LogP contribution in [0.4, 0.5) is 8.78 Å². The van der Waals surface area contributed by atoms with E-state index in [1.165, 1.54) is 4.31 Å². The van der Waals surface area contributed by atoms with Crippen LogP contribution in [0.5, 0.6) is 0 Å². The summed E-state index contributed by atoms with van der Waals surface area (Å²) in [6.45, 7) is 3.10. The average Bonchev–Trinajstić information content (AvgIpc) is 3.12. The topological polar surface area (TPSA) is 96.6 Å². The van der Waals surface area contributed by atoms with Crippen molar-refractivity contribution >= 4 is 15.9 Å². The molecule has 0 radical (unpaired) electrons. The lowest BCUT2D eigenvalue weighted by Gasteiger charge is -2.35. The van der Waals surface area contributed by atoms with E-state index < -0.39 is 21.7 Å². The average molecular weight is 426 g/mol. The Kier molecular flexibility index (Phi) is 5.11. The predicted octanol–water partition coefficient (Wildman–Crippen LogP) is 1.86. The SMILES string of the molecule is CC(=O)N1CCC(c2noc(C3CN(S(=O)(=O)c4ccc(F)c(F)c4)C3)n2)CC1. The number of benzene rings is 1. The molecule has 0 N–H and O–H groups in total. The minimum atomic E-state index is -3.91. The summed E-state index contributed by atoms with van der Waals surface area (Å²) in [5, 5.41) is 4.03. The van der Waals surface area contributed by atoms with Crippen molar-refractivity contribution < 1.29 is 26.5 Å². The lowest BCUT2D eigenvalue weighted by atomic mass is 9.96. The van der Waals surface area contributed by atoms with Gasteiger partial charge in [-0.05, 0) is 31.0 Å². The molecule has 0 atom stereocenters. The predicted molar refractivity (Wildman–Crippen MR) is 96.4 cm³/mol. The van der Waals surface area contributed by atoms with E-state index in [2.05, 4.69) is 10.1 Å². The van der Waals surface area contributed by atoms with Crippen molar-refractivity contribution in [3.05, 3.63) is 41.5 Å². The van der Waals surface area contributed by atoms with E-state index >= 15 is 0 Å². The molecule has 0 aliphatic carbocycles. The molecule has 2 aliphatic heterocycles. The van der Waals surface area contributed by atoms with Gasteiger partial charge in [-0.3, -0.25) is 4.79 Å². The lowest BCUT2D eigenvalue weighted by molar-refractivity contribution is -0.129. The zero-order valence-electron chi connectivity index (χ0n) is 15.7. The van der Waals surface area contributed by atoms with Crippen LogP contribution >= 0.6 is 0 Å². The van der Waals surface area contributed by atoms with E-state index in [4.69, 9.17) is 4.52 Å². The van der Waals surface area contributed by atoms with Crippen molar-refractivity contribution in [2.24, 2.45) is 0 Å². The molecular weight excluding hydrogens is 406 g/mol. The normalized spacial score (nSPS) is 19.3. The van der Waals surface area contributed by atoms with Gasteiger partial charge in [0.15, 0.2) is 17.5 Å². The van der Waals surface area contributed by atoms with Gasteiger partial charge in [0.05, 0.1) is 10.8 Å². The molecule has 1 aromatic carbocycles. The highest BCUT2D eigenvalue weighted by Crippen LogP contribution is 2.33. The zero-order valence-corrected chi connectivity index (χ0v) is 16.5. The monoisotopic (exact) mass is 426 g/mol. The Balaban J connectivity index is 1.38. The van der Waals surface area contributed by atoms with Crippen molar-refractivity contribution in [1.82, 2.24) is 19.3 Å². The van der Waals surface area contributed by atoms with Gasteiger partial charge >= 0.3 is 0 Å². The van der Waals surface area contributed by atoms with Crippen LogP contribution in [0.2, 0.25) is 0 Å². The van der Waals surface area contributed by atoms with Gasteiger partial charge in [-0.2, -0.15) is 9.29 Å². The van der Waals surface area contributed by atoms with Crippen LogP contribution in [0.3, 0.4) is 0 Å². The van der Waals surface area contributed by atoms with E-state index in [-0.39, 0.29) is 35.7 Å². The highest BCUT2D eigenvalue weighted by atomic mass is 32.2.